The first kappa shape index (κ1) is 13.7. The molecule has 1 aliphatic carbocycles. The van der Waals surface area contributed by atoms with Gasteiger partial charge in [0, 0.05) is 25.2 Å². The zero-order chi connectivity index (χ0) is 10.7. The summed E-state index contributed by atoms with van der Waals surface area (Å²) in [5.74, 6) is -0.193. The second-order valence-electron chi connectivity index (χ2n) is 4.85. The molecule has 1 heterocycles. The number of carbonyl (C=O) groups excluding carboxylic acids is 1. The Bertz CT molecular complexity index is 233. The van der Waals surface area contributed by atoms with Gasteiger partial charge in [0.2, 0.25) is 5.91 Å². The summed E-state index contributed by atoms with van der Waals surface area (Å²) in [6.07, 6.45) is 6.35. The van der Waals surface area contributed by atoms with Crippen LogP contribution in [0.2, 0.25) is 0 Å². The van der Waals surface area contributed by atoms with Crippen molar-refractivity contribution in [2.45, 2.75) is 37.6 Å². The van der Waals surface area contributed by atoms with Gasteiger partial charge in [-0.2, -0.15) is 0 Å². The highest BCUT2D eigenvalue weighted by Gasteiger charge is 2.39. The molecular weight excluding hydrogens is 226 g/mol. The highest BCUT2D eigenvalue weighted by Crippen LogP contribution is 2.34. The highest BCUT2D eigenvalue weighted by molar-refractivity contribution is 5.85. The van der Waals surface area contributed by atoms with Crippen molar-refractivity contribution in [3.8, 4) is 0 Å². The van der Waals surface area contributed by atoms with Gasteiger partial charge in [-0.1, -0.05) is 19.3 Å². The van der Waals surface area contributed by atoms with Crippen molar-refractivity contribution >= 4 is 18.3 Å². The van der Waals surface area contributed by atoms with Crippen LogP contribution in [-0.2, 0) is 4.79 Å². The van der Waals surface area contributed by atoms with Gasteiger partial charge in [-0.25, -0.2) is 0 Å². The molecule has 1 saturated heterocycles. The molecule has 0 bridgehead atoms. The summed E-state index contributed by atoms with van der Waals surface area (Å²) in [5, 5.41) is 3.45. The average Bonchev–Trinajstić information content (AvgIpc) is 2.23. The number of rotatable bonds is 2. The Hall–Kier alpha value is -0.320. The van der Waals surface area contributed by atoms with Crippen molar-refractivity contribution in [2.24, 2.45) is 5.73 Å². The molecule has 1 spiro atoms. The van der Waals surface area contributed by atoms with E-state index in [1.807, 2.05) is 0 Å². The van der Waals surface area contributed by atoms with Crippen LogP contribution in [0, 0.1) is 0 Å². The molecule has 16 heavy (non-hydrogen) atoms. The van der Waals surface area contributed by atoms with Crippen LogP contribution >= 0.6 is 12.4 Å². The number of amides is 1. The van der Waals surface area contributed by atoms with Crippen LogP contribution in [-0.4, -0.2) is 42.5 Å². The molecule has 2 rings (SSSR count). The summed E-state index contributed by atoms with van der Waals surface area (Å²) in [6.45, 7) is 3.40. The minimum Gasteiger partial charge on any atom is -0.369 e. The van der Waals surface area contributed by atoms with Crippen LogP contribution in [0.15, 0.2) is 0 Å². The lowest BCUT2D eigenvalue weighted by Gasteiger charge is -2.49. The number of hydrogen-bond donors (Lipinski definition) is 2. The number of primary amides is 1. The number of piperazine rings is 1. The zero-order valence-corrected chi connectivity index (χ0v) is 10.5. The molecule has 0 aromatic rings. The van der Waals surface area contributed by atoms with E-state index in [9.17, 15) is 4.79 Å². The fourth-order valence-electron chi connectivity index (χ4n) is 3.02. The SMILES string of the molecule is Cl.NC(=O)CN1CCNCC12CCCCC2. The van der Waals surface area contributed by atoms with E-state index in [2.05, 4.69) is 10.2 Å². The second kappa shape index (κ2) is 5.84. The maximum absolute atomic E-state index is 11.1. The third kappa shape index (κ3) is 2.87. The number of halogens is 1. The molecule has 94 valence electrons. The maximum Gasteiger partial charge on any atom is 0.231 e. The van der Waals surface area contributed by atoms with E-state index in [0.29, 0.717) is 6.54 Å². The third-order valence-electron chi connectivity index (χ3n) is 3.81. The van der Waals surface area contributed by atoms with Crippen molar-refractivity contribution in [3.05, 3.63) is 0 Å². The quantitative estimate of drug-likeness (QED) is 0.747. The molecule has 5 heteroatoms. The summed E-state index contributed by atoms with van der Waals surface area (Å²) < 4.78 is 0. The monoisotopic (exact) mass is 247 g/mol. The number of carbonyl (C=O) groups is 1. The number of nitrogens with zero attached hydrogens (tertiary/aromatic N) is 1. The Morgan fingerprint density at radius 1 is 1.31 bits per heavy atom. The summed E-state index contributed by atoms with van der Waals surface area (Å²) in [5.41, 5.74) is 5.54. The first-order chi connectivity index (χ1) is 7.23. The molecule has 0 unspecified atom stereocenters. The standard InChI is InChI=1S/C11H21N3O.ClH/c12-10(15)8-14-7-6-13-9-11(14)4-2-1-3-5-11;/h13H,1-9H2,(H2,12,15);1H. The van der Waals surface area contributed by atoms with Crippen molar-refractivity contribution in [1.29, 1.82) is 0 Å². The Balaban J connectivity index is 0.00000128. The predicted molar refractivity (Wildman–Crippen MR) is 66.7 cm³/mol. The Morgan fingerprint density at radius 2 is 2.00 bits per heavy atom. The van der Waals surface area contributed by atoms with Gasteiger partial charge in [0.1, 0.15) is 0 Å². The van der Waals surface area contributed by atoms with Crippen LogP contribution < -0.4 is 11.1 Å². The Kier molecular flexibility index (Phi) is 5.02. The van der Waals surface area contributed by atoms with E-state index in [-0.39, 0.29) is 23.9 Å². The number of hydrogen-bond acceptors (Lipinski definition) is 3. The number of nitrogens with two attached hydrogens (primary N) is 1. The van der Waals surface area contributed by atoms with Gasteiger partial charge in [0.05, 0.1) is 6.54 Å². The molecule has 1 saturated carbocycles. The van der Waals surface area contributed by atoms with Crippen molar-refractivity contribution in [3.63, 3.8) is 0 Å². The molecule has 1 aliphatic heterocycles. The second-order valence-corrected chi connectivity index (χ2v) is 4.85. The minimum absolute atomic E-state index is 0. The third-order valence-corrected chi connectivity index (χ3v) is 3.81. The predicted octanol–water partition coefficient (Wildman–Crippen LogP) is 0.502. The number of nitrogens with one attached hydrogen (secondary N) is 1. The van der Waals surface area contributed by atoms with E-state index >= 15 is 0 Å². The lowest BCUT2D eigenvalue weighted by Crippen LogP contribution is -2.63. The van der Waals surface area contributed by atoms with E-state index in [4.69, 9.17) is 5.73 Å². The molecule has 0 aromatic heterocycles. The highest BCUT2D eigenvalue weighted by atomic mass is 35.5. The fourth-order valence-corrected chi connectivity index (χ4v) is 3.02. The fraction of sp³-hybridized carbons (Fsp3) is 0.909. The molecule has 2 aliphatic rings. The molecule has 1 amide bonds. The zero-order valence-electron chi connectivity index (χ0n) is 9.71. The van der Waals surface area contributed by atoms with Crippen molar-refractivity contribution < 1.29 is 4.79 Å². The molecule has 2 fully saturated rings. The van der Waals surface area contributed by atoms with Gasteiger partial charge < -0.3 is 11.1 Å². The summed E-state index contributed by atoms with van der Waals surface area (Å²) in [7, 11) is 0. The maximum atomic E-state index is 11.1. The van der Waals surface area contributed by atoms with Crippen LogP contribution in [0.1, 0.15) is 32.1 Å². The topological polar surface area (TPSA) is 58.4 Å². The van der Waals surface area contributed by atoms with E-state index in [0.717, 1.165) is 19.6 Å². The summed E-state index contributed by atoms with van der Waals surface area (Å²) >= 11 is 0. The molecule has 0 radical (unpaired) electrons. The van der Waals surface area contributed by atoms with Gasteiger partial charge in [-0.3, -0.25) is 9.69 Å². The van der Waals surface area contributed by atoms with Gasteiger partial charge in [0.25, 0.3) is 0 Å². The summed E-state index contributed by atoms with van der Waals surface area (Å²) in [6, 6.07) is 0. The van der Waals surface area contributed by atoms with Gasteiger partial charge in [-0.05, 0) is 12.8 Å². The molecule has 0 aromatic carbocycles. The van der Waals surface area contributed by atoms with Gasteiger partial charge in [0.15, 0.2) is 0 Å². The minimum atomic E-state index is -0.193. The lowest BCUT2D eigenvalue weighted by molar-refractivity contribution is -0.121. The molecule has 3 N–H and O–H groups in total. The average molecular weight is 248 g/mol. The molecule has 4 nitrogen and oxygen atoms in total. The van der Waals surface area contributed by atoms with Gasteiger partial charge in [-0.15, -0.1) is 12.4 Å². The Morgan fingerprint density at radius 3 is 2.62 bits per heavy atom. The first-order valence-electron chi connectivity index (χ1n) is 5.97. The van der Waals surface area contributed by atoms with E-state index in [1.165, 1.54) is 32.1 Å². The molecular formula is C11H22ClN3O. The normalized spacial score (nSPS) is 25.0. The smallest absolute Gasteiger partial charge is 0.231 e. The lowest BCUT2D eigenvalue weighted by atomic mass is 9.79. The van der Waals surface area contributed by atoms with Crippen molar-refractivity contribution in [2.75, 3.05) is 26.2 Å². The van der Waals surface area contributed by atoms with Crippen LogP contribution in [0.25, 0.3) is 0 Å². The van der Waals surface area contributed by atoms with E-state index < -0.39 is 0 Å². The largest absolute Gasteiger partial charge is 0.369 e. The first-order valence-corrected chi connectivity index (χ1v) is 5.97. The molecule has 0 atom stereocenters. The summed E-state index contributed by atoms with van der Waals surface area (Å²) in [4.78, 5) is 13.4. The van der Waals surface area contributed by atoms with Crippen molar-refractivity contribution in [1.82, 2.24) is 10.2 Å². The van der Waals surface area contributed by atoms with Crippen LogP contribution in [0.4, 0.5) is 0 Å². The van der Waals surface area contributed by atoms with Gasteiger partial charge >= 0.3 is 0 Å². The van der Waals surface area contributed by atoms with E-state index in [1.54, 1.807) is 0 Å². The van der Waals surface area contributed by atoms with Crippen LogP contribution in [0.5, 0.6) is 0 Å². The Labute approximate surface area is 103 Å². The van der Waals surface area contributed by atoms with Crippen LogP contribution in [0.3, 0.4) is 0 Å².